The van der Waals surface area contributed by atoms with Gasteiger partial charge in [0.15, 0.2) is 11.9 Å². The highest BCUT2D eigenvalue weighted by molar-refractivity contribution is 6.34. The van der Waals surface area contributed by atoms with Crippen LogP contribution in [-0.4, -0.2) is 93.4 Å². The summed E-state index contributed by atoms with van der Waals surface area (Å²) in [7, 11) is 2.16. The van der Waals surface area contributed by atoms with Crippen molar-refractivity contribution in [2.45, 2.75) is 25.1 Å². The van der Waals surface area contributed by atoms with E-state index in [1.54, 1.807) is 5.06 Å². The van der Waals surface area contributed by atoms with Crippen LogP contribution in [0.3, 0.4) is 0 Å². The monoisotopic (exact) mass is 543 g/mol. The molecule has 2 aromatic rings. The number of nitrogens with one attached hydrogen (secondary N) is 1. The van der Waals surface area contributed by atoms with Crippen molar-refractivity contribution in [1.29, 1.82) is 0 Å². The molecule has 1 atom stereocenters. The topological polar surface area (TPSA) is 80.3 Å². The number of benzene rings is 2. The van der Waals surface area contributed by atoms with Crippen molar-refractivity contribution in [3.63, 3.8) is 0 Å². The zero-order valence-corrected chi connectivity index (χ0v) is 22.4. The summed E-state index contributed by atoms with van der Waals surface area (Å²) in [5.74, 6) is 1.11. The van der Waals surface area contributed by atoms with Gasteiger partial charge in [0.05, 0.1) is 24.5 Å². The number of nitrogens with zero attached hydrogens (tertiary/aromatic N) is 4. The molecule has 0 aromatic heterocycles. The number of halogens is 1. The Hall–Kier alpha value is -2.76. The quantitative estimate of drug-likeness (QED) is 0.534. The van der Waals surface area contributed by atoms with Gasteiger partial charge < -0.3 is 29.2 Å². The Labute approximate surface area is 227 Å². The van der Waals surface area contributed by atoms with E-state index in [1.165, 1.54) is 0 Å². The second-order valence-corrected chi connectivity index (χ2v) is 10.3. The van der Waals surface area contributed by atoms with Crippen LogP contribution in [0.2, 0.25) is 5.02 Å². The molecular formula is C27H34ClN5O5. The van der Waals surface area contributed by atoms with Crippen LogP contribution < -0.4 is 14.8 Å². The molecule has 0 radical (unpaired) electrons. The highest BCUT2D eigenvalue weighted by Crippen LogP contribution is 2.50. The standard InChI is InChI=1S/C27H34ClN5O5/c1-31-9-11-32(12-10-31)13-16-35-22-17-21-23(25(24(22)28)38-20-7-14-34-15-8-20)26(29-19-5-3-2-4-6-19)33-27(30-21)36-18-37-33/h2-6,17,20,26,29H,7-16,18H2,1H3. The van der Waals surface area contributed by atoms with E-state index in [0.717, 1.165) is 56.8 Å². The van der Waals surface area contributed by atoms with Gasteiger partial charge in [0.25, 0.3) is 0 Å². The third kappa shape index (κ3) is 5.50. The lowest BCUT2D eigenvalue weighted by atomic mass is 10.0. The summed E-state index contributed by atoms with van der Waals surface area (Å²) in [5.41, 5.74) is 2.38. The number of piperazine rings is 1. The van der Waals surface area contributed by atoms with Gasteiger partial charge >= 0.3 is 6.02 Å². The largest absolute Gasteiger partial charge is 0.490 e. The normalized spacial score (nSPS) is 22.3. The first-order chi connectivity index (χ1) is 18.7. The summed E-state index contributed by atoms with van der Waals surface area (Å²) in [5, 5.41) is 5.62. The molecule has 4 aliphatic heterocycles. The zero-order chi connectivity index (χ0) is 25.9. The third-order valence-electron chi connectivity index (χ3n) is 7.29. The molecule has 1 unspecified atom stereocenters. The summed E-state index contributed by atoms with van der Waals surface area (Å²) < 4.78 is 24.1. The first kappa shape index (κ1) is 25.5. The van der Waals surface area contributed by atoms with Crippen molar-refractivity contribution < 1.29 is 23.8 Å². The highest BCUT2D eigenvalue weighted by atomic mass is 35.5. The molecule has 0 aliphatic carbocycles. The lowest BCUT2D eigenvalue weighted by molar-refractivity contribution is -0.115. The van der Waals surface area contributed by atoms with E-state index in [9.17, 15) is 0 Å². The number of hydroxylamine groups is 2. The van der Waals surface area contributed by atoms with Gasteiger partial charge in [0.1, 0.15) is 23.5 Å². The van der Waals surface area contributed by atoms with E-state index in [4.69, 9.17) is 40.4 Å². The number of likely N-dealkylation sites (N-methyl/N-ethyl adjacent to an activating group) is 1. The van der Waals surface area contributed by atoms with Gasteiger partial charge in [-0.3, -0.25) is 4.90 Å². The summed E-state index contributed by atoms with van der Waals surface area (Å²) in [6, 6.07) is 12.2. The Morgan fingerprint density at radius 3 is 2.68 bits per heavy atom. The summed E-state index contributed by atoms with van der Waals surface area (Å²) in [4.78, 5) is 15.3. The number of ether oxygens (including phenoxy) is 4. The highest BCUT2D eigenvalue weighted by Gasteiger charge is 2.41. The first-order valence-electron chi connectivity index (χ1n) is 13.3. The maximum Gasteiger partial charge on any atom is 0.322 e. The van der Waals surface area contributed by atoms with Crippen molar-refractivity contribution >= 4 is 29.0 Å². The van der Waals surface area contributed by atoms with Gasteiger partial charge in [0.2, 0.25) is 6.79 Å². The van der Waals surface area contributed by atoms with E-state index in [0.29, 0.717) is 48.1 Å². The molecule has 4 heterocycles. The van der Waals surface area contributed by atoms with Crippen molar-refractivity contribution in [3.05, 3.63) is 47.0 Å². The molecule has 0 saturated carbocycles. The fraction of sp³-hybridized carbons (Fsp3) is 0.519. The van der Waals surface area contributed by atoms with Crippen LogP contribution in [0.25, 0.3) is 0 Å². The molecule has 11 heteroatoms. The van der Waals surface area contributed by atoms with Gasteiger partial charge in [-0.1, -0.05) is 29.8 Å². The molecule has 2 aromatic carbocycles. The molecular weight excluding hydrogens is 510 g/mol. The van der Waals surface area contributed by atoms with E-state index in [-0.39, 0.29) is 12.9 Å². The van der Waals surface area contributed by atoms with Crippen LogP contribution in [0.5, 0.6) is 11.5 Å². The Morgan fingerprint density at radius 1 is 1.11 bits per heavy atom. The van der Waals surface area contributed by atoms with Gasteiger partial charge in [-0.25, -0.2) is 4.84 Å². The van der Waals surface area contributed by atoms with Gasteiger partial charge in [0, 0.05) is 57.3 Å². The van der Waals surface area contributed by atoms with Crippen LogP contribution in [0.4, 0.5) is 11.4 Å². The molecule has 3 saturated heterocycles. The molecule has 0 amide bonds. The molecule has 1 N–H and O–H groups in total. The maximum absolute atomic E-state index is 7.05. The molecule has 0 bridgehead atoms. The molecule has 6 rings (SSSR count). The van der Waals surface area contributed by atoms with Gasteiger partial charge in [-0.05, 0) is 19.2 Å². The van der Waals surface area contributed by atoms with Crippen LogP contribution in [-0.2, 0) is 14.3 Å². The second-order valence-electron chi connectivity index (χ2n) is 9.90. The minimum atomic E-state index is -0.464. The maximum atomic E-state index is 7.05. The van der Waals surface area contributed by atoms with Gasteiger partial charge in [-0.2, -0.15) is 10.1 Å². The second kappa shape index (κ2) is 11.5. The van der Waals surface area contributed by atoms with Gasteiger partial charge in [-0.15, -0.1) is 0 Å². The predicted octanol–water partition coefficient (Wildman–Crippen LogP) is 3.86. The van der Waals surface area contributed by atoms with Crippen LogP contribution in [0.15, 0.2) is 41.4 Å². The number of fused-ring (bicyclic) bond motifs is 2. The van der Waals surface area contributed by atoms with E-state index >= 15 is 0 Å². The average Bonchev–Trinajstić information content (AvgIpc) is 3.42. The van der Waals surface area contributed by atoms with Crippen molar-refractivity contribution in [2.75, 3.05) is 71.7 Å². The third-order valence-corrected chi connectivity index (χ3v) is 7.65. The van der Waals surface area contributed by atoms with Crippen molar-refractivity contribution in [2.24, 2.45) is 4.99 Å². The minimum absolute atomic E-state index is 0.0237. The van der Waals surface area contributed by atoms with Crippen molar-refractivity contribution in [3.8, 4) is 11.5 Å². The van der Waals surface area contributed by atoms with Crippen LogP contribution in [0.1, 0.15) is 24.6 Å². The zero-order valence-electron chi connectivity index (χ0n) is 21.6. The fourth-order valence-corrected chi connectivity index (χ4v) is 5.33. The Morgan fingerprint density at radius 2 is 1.89 bits per heavy atom. The Bertz CT molecular complexity index is 1140. The number of rotatable bonds is 8. The van der Waals surface area contributed by atoms with Crippen LogP contribution >= 0.6 is 11.6 Å². The minimum Gasteiger partial charge on any atom is -0.490 e. The number of amidine groups is 1. The number of para-hydroxylation sites is 1. The Kier molecular flexibility index (Phi) is 7.75. The fourth-order valence-electron chi connectivity index (χ4n) is 5.07. The number of hydrogen-bond donors (Lipinski definition) is 1. The van der Waals surface area contributed by atoms with E-state index in [2.05, 4.69) is 22.2 Å². The number of anilines is 1. The molecule has 38 heavy (non-hydrogen) atoms. The molecule has 3 fully saturated rings. The first-order valence-corrected chi connectivity index (χ1v) is 13.6. The molecule has 10 nitrogen and oxygen atoms in total. The lowest BCUT2D eigenvalue weighted by Gasteiger charge is -2.35. The lowest BCUT2D eigenvalue weighted by Crippen LogP contribution is -2.45. The van der Waals surface area contributed by atoms with E-state index < -0.39 is 6.17 Å². The Balaban J connectivity index is 1.32. The molecule has 0 spiro atoms. The smallest absolute Gasteiger partial charge is 0.322 e. The number of aliphatic imine (C=N–C) groups is 1. The summed E-state index contributed by atoms with van der Waals surface area (Å²) in [6.07, 6.45) is 1.08. The summed E-state index contributed by atoms with van der Waals surface area (Å²) >= 11 is 7.05. The van der Waals surface area contributed by atoms with Crippen molar-refractivity contribution in [1.82, 2.24) is 14.9 Å². The number of hydrogen-bond acceptors (Lipinski definition) is 10. The van der Waals surface area contributed by atoms with E-state index in [1.807, 2.05) is 36.4 Å². The SMILES string of the molecule is CN1CCN(CCOc2cc3c(c(OC4CCOCC4)c2Cl)C(Nc2ccccc2)N2OCOC2=N3)CC1. The molecule has 4 aliphatic rings. The predicted molar refractivity (Wildman–Crippen MR) is 144 cm³/mol. The average molecular weight is 544 g/mol. The van der Waals surface area contributed by atoms with Crippen LogP contribution in [0, 0.1) is 0 Å². The summed E-state index contributed by atoms with van der Waals surface area (Å²) in [6.45, 7) is 6.93. The molecule has 204 valence electrons.